The van der Waals surface area contributed by atoms with E-state index in [0.29, 0.717) is 26.2 Å². The zero-order chi connectivity index (χ0) is 14.4. The first-order chi connectivity index (χ1) is 9.70. The smallest absolute Gasteiger partial charge is 0.228 e. The number of nitrogens with zero attached hydrogens (tertiary/aromatic N) is 2. The molecule has 6 nitrogen and oxygen atoms in total. The Balaban J connectivity index is 2.02. The van der Waals surface area contributed by atoms with Crippen molar-refractivity contribution in [1.82, 2.24) is 15.2 Å². The summed E-state index contributed by atoms with van der Waals surface area (Å²) in [5.74, 6) is -0.359. The standard InChI is InChI=1S/C14H19N3O3/c1-20-7-6-17(10-12-4-2-3-5-15-12)14(19)11-8-13(18)16-9-11/h2-5,11H,6-10H2,1H3,(H,16,18). The molecule has 20 heavy (non-hydrogen) atoms. The Hall–Kier alpha value is -1.95. The molecule has 1 atom stereocenters. The van der Waals surface area contributed by atoms with Crippen LogP contribution in [0, 0.1) is 5.92 Å². The molecular weight excluding hydrogens is 258 g/mol. The third-order valence-electron chi connectivity index (χ3n) is 3.28. The Kier molecular flexibility index (Phi) is 5.06. The number of amides is 2. The van der Waals surface area contributed by atoms with E-state index in [-0.39, 0.29) is 24.2 Å². The van der Waals surface area contributed by atoms with Crippen LogP contribution in [-0.2, 0) is 20.9 Å². The van der Waals surface area contributed by atoms with Crippen molar-refractivity contribution in [3.05, 3.63) is 30.1 Å². The number of hydrogen-bond donors (Lipinski definition) is 1. The highest BCUT2D eigenvalue weighted by molar-refractivity contribution is 5.89. The third kappa shape index (κ3) is 3.77. The number of carbonyl (C=O) groups is 2. The average molecular weight is 277 g/mol. The maximum absolute atomic E-state index is 12.5. The van der Waals surface area contributed by atoms with Crippen LogP contribution in [0.3, 0.4) is 0 Å². The second-order valence-electron chi connectivity index (χ2n) is 4.78. The van der Waals surface area contributed by atoms with Crippen LogP contribution in [0.2, 0.25) is 0 Å². The van der Waals surface area contributed by atoms with Crippen LogP contribution in [-0.4, -0.2) is 48.5 Å². The van der Waals surface area contributed by atoms with Gasteiger partial charge < -0.3 is 15.0 Å². The molecule has 6 heteroatoms. The zero-order valence-corrected chi connectivity index (χ0v) is 11.5. The van der Waals surface area contributed by atoms with Crippen molar-refractivity contribution in [1.29, 1.82) is 0 Å². The lowest BCUT2D eigenvalue weighted by molar-refractivity contribution is -0.137. The van der Waals surface area contributed by atoms with Crippen LogP contribution in [0.1, 0.15) is 12.1 Å². The first-order valence-corrected chi connectivity index (χ1v) is 6.65. The number of carbonyl (C=O) groups excluding carboxylic acids is 2. The largest absolute Gasteiger partial charge is 0.383 e. The van der Waals surface area contributed by atoms with Crippen molar-refractivity contribution in [3.63, 3.8) is 0 Å². The van der Waals surface area contributed by atoms with Gasteiger partial charge in [0, 0.05) is 32.8 Å². The van der Waals surface area contributed by atoms with E-state index in [2.05, 4.69) is 10.3 Å². The minimum absolute atomic E-state index is 0.0222. The second kappa shape index (κ2) is 7.00. The number of nitrogens with one attached hydrogen (secondary N) is 1. The summed E-state index contributed by atoms with van der Waals surface area (Å²) in [7, 11) is 1.60. The lowest BCUT2D eigenvalue weighted by Crippen LogP contribution is -2.38. The van der Waals surface area contributed by atoms with Gasteiger partial charge in [0.2, 0.25) is 11.8 Å². The van der Waals surface area contributed by atoms with Gasteiger partial charge in [0.15, 0.2) is 0 Å². The molecule has 0 aliphatic carbocycles. The van der Waals surface area contributed by atoms with Crippen LogP contribution in [0.5, 0.6) is 0 Å². The summed E-state index contributed by atoms with van der Waals surface area (Å²) in [5, 5.41) is 2.69. The minimum Gasteiger partial charge on any atom is -0.383 e. The van der Waals surface area contributed by atoms with E-state index in [1.807, 2.05) is 18.2 Å². The lowest BCUT2D eigenvalue weighted by Gasteiger charge is -2.24. The summed E-state index contributed by atoms with van der Waals surface area (Å²) in [4.78, 5) is 29.6. The van der Waals surface area contributed by atoms with Crippen LogP contribution in [0.4, 0.5) is 0 Å². The average Bonchev–Trinajstić information content (AvgIpc) is 2.90. The fourth-order valence-electron chi connectivity index (χ4n) is 2.19. The normalized spacial score (nSPS) is 17.9. The number of pyridine rings is 1. The van der Waals surface area contributed by atoms with Crippen molar-refractivity contribution in [2.75, 3.05) is 26.8 Å². The first kappa shape index (κ1) is 14.5. The van der Waals surface area contributed by atoms with Gasteiger partial charge in [0.05, 0.1) is 24.8 Å². The Morgan fingerprint density at radius 2 is 2.40 bits per heavy atom. The van der Waals surface area contributed by atoms with Crippen molar-refractivity contribution >= 4 is 11.8 Å². The summed E-state index contributed by atoms with van der Waals surface area (Å²) in [6.45, 7) is 1.82. The molecule has 0 bridgehead atoms. The topological polar surface area (TPSA) is 71.5 Å². The van der Waals surface area contributed by atoms with E-state index in [9.17, 15) is 9.59 Å². The van der Waals surface area contributed by atoms with Crippen molar-refractivity contribution in [2.24, 2.45) is 5.92 Å². The number of methoxy groups -OCH3 is 1. The molecule has 1 aliphatic heterocycles. The Morgan fingerprint density at radius 1 is 1.55 bits per heavy atom. The SMILES string of the molecule is COCCN(Cc1ccccn1)C(=O)C1CNC(=O)C1. The van der Waals surface area contributed by atoms with Crippen LogP contribution in [0.25, 0.3) is 0 Å². The van der Waals surface area contributed by atoms with E-state index in [1.54, 1.807) is 18.2 Å². The molecule has 0 aromatic carbocycles. The summed E-state index contributed by atoms with van der Waals surface area (Å²) >= 11 is 0. The molecule has 1 saturated heterocycles. The van der Waals surface area contributed by atoms with E-state index >= 15 is 0 Å². The fourth-order valence-corrected chi connectivity index (χ4v) is 2.19. The maximum Gasteiger partial charge on any atom is 0.228 e. The molecule has 0 radical (unpaired) electrons. The van der Waals surface area contributed by atoms with Gasteiger partial charge in [-0.3, -0.25) is 14.6 Å². The predicted octanol–water partition coefficient (Wildman–Crippen LogP) is 0.193. The van der Waals surface area contributed by atoms with Gasteiger partial charge in [-0.2, -0.15) is 0 Å². The highest BCUT2D eigenvalue weighted by Crippen LogP contribution is 2.14. The second-order valence-corrected chi connectivity index (χ2v) is 4.78. The highest BCUT2D eigenvalue weighted by Gasteiger charge is 2.31. The molecule has 0 saturated carbocycles. The molecule has 1 aliphatic rings. The predicted molar refractivity (Wildman–Crippen MR) is 72.6 cm³/mol. The zero-order valence-electron chi connectivity index (χ0n) is 11.5. The van der Waals surface area contributed by atoms with Crippen molar-refractivity contribution in [2.45, 2.75) is 13.0 Å². The van der Waals surface area contributed by atoms with Crippen LogP contribution >= 0.6 is 0 Å². The Bertz CT molecular complexity index is 464. The molecule has 1 fully saturated rings. The van der Waals surface area contributed by atoms with E-state index in [1.165, 1.54) is 0 Å². The number of aromatic nitrogens is 1. The van der Waals surface area contributed by atoms with E-state index in [0.717, 1.165) is 5.69 Å². The highest BCUT2D eigenvalue weighted by atomic mass is 16.5. The molecule has 2 amide bonds. The van der Waals surface area contributed by atoms with Gasteiger partial charge in [-0.15, -0.1) is 0 Å². The van der Waals surface area contributed by atoms with Crippen molar-refractivity contribution < 1.29 is 14.3 Å². The van der Waals surface area contributed by atoms with Crippen LogP contribution < -0.4 is 5.32 Å². The number of hydrogen-bond acceptors (Lipinski definition) is 4. The quantitative estimate of drug-likeness (QED) is 0.806. The summed E-state index contributed by atoms with van der Waals surface area (Å²) in [6.07, 6.45) is 1.97. The van der Waals surface area contributed by atoms with E-state index in [4.69, 9.17) is 4.74 Å². The van der Waals surface area contributed by atoms with Crippen LogP contribution in [0.15, 0.2) is 24.4 Å². The molecule has 1 aromatic heterocycles. The van der Waals surface area contributed by atoms with Crippen molar-refractivity contribution in [3.8, 4) is 0 Å². The molecule has 108 valence electrons. The van der Waals surface area contributed by atoms with E-state index < -0.39 is 0 Å². The monoisotopic (exact) mass is 277 g/mol. The molecular formula is C14H19N3O3. The molecule has 0 spiro atoms. The lowest BCUT2D eigenvalue weighted by atomic mass is 10.1. The number of ether oxygens (including phenoxy) is 1. The van der Waals surface area contributed by atoms with Gasteiger partial charge in [0.1, 0.15) is 0 Å². The van der Waals surface area contributed by atoms with Gasteiger partial charge in [-0.1, -0.05) is 6.07 Å². The van der Waals surface area contributed by atoms with Gasteiger partial charge in [-0.05, 0) is 12.1 Å². The maximum atomic E-state index is 12.5. The molecule has 2 heterocycles. The minimum atomic E-state index is -0.275. The molecule has 1 unspecified atom stereocenters. The molecule has 1 aromatic rings. The van der Waals surface area contributed by atoms with Gasteiger partial charge in [-0.25, -0.2) is 0 Å². The summed E-state index contributed by atoms with van der Waals surface area (Å²) in [5.41, 5.74) is 0.828. The van der Waals surface area contributed by atoms with Gasteiger partial charge in [0.25, 0.3) is 0 Å². The molecule has 1 N–H and O–H groups in total. The molecule has 2 rings (SSSR count). The first-order valence-electron chi connectivity index (χ1n) is 6.65. The fraction of sp³-hybridized carbons (Fsp3) is 0.500. The Morgan fingerprint density at radius 3 is 3.00 bits per heavy atom. The number of rotatable bonds is 6. The Labute approximate surface area is 118 Å². The summed E-state index contributed by atoms with van der Waals surface area (Å²) in [6, 6.07) is 5.61. The third-order valence-corrected chi connectivity index (χ3v) is 3.28. The van der Waals surface area contributed by atoms with Gasteiger partial charge >= 0.3 is 0 Å². The summed E-state index contributed by atoms with van der Waals surface area (Å²) < 4.78 is 5.05.